The van der Waals surface area contributed by atoms with Gasteiger partial charge in [0.1, 0.15) is 17.6 Å². The Balaban J connectivity index is 1.46. The van der Waals surface area contributed by atoms with E-state index in [1.807, 2.05) is 4.57 Å². The highest BCUT2D eigenvalue weighted by Crippen LogP contribution is 2.28. The summed E-state index contributed by atoms with van der Waals surface area (Å²) in [6.45, 7) is 4.26. The Hall–Kier alpha value is -2.98. The van der Waals surface area contributed by atoms with Crippen molar-refractivity contribution in [2.45, 2.75) is 57.7 Å². The highest BCUT2D eigenvalue weighted by molar-refractivity contribution is 5.99. The number of hydrogen-bond donors (Lipinski definition) is 2. The van der Waals surface area contributed by atoms with E-state index in [-0.39, 0.29) is 35.5 Å². The number of fused-ring (bicyclic) bond motifs is 1. The fourth-order valence-corrected chi connectivity index (χ4v) is 5.59. The standard InChI is InChI=1S/C28H40FN5O4/c1-19(30-2)26(35)31-25(20-7-5-4-6-8-20)28(37)33-13-11-32(12-14-33)27(36)24-18-21-17-22(29)9-10-23(21)34(24)15-16-38-3/h9-10,17-20,25,30H,4-8,11-16H2,1-3H3,(H,31,35)/t19-,25?/m0/s1. The molecule has 1 aliphatic carbocycles. The van der Waals surface area contributed by atoms with Crippen molar-refractivity contribution in [3.05, 3.63) is 35.8 Å². The van der Waals surface area contributed by atoms with Crippen LogP contribution in [0, 0.1) is 11.7 Å². The van der Waals surface area contributed by atoms with Crippen LogP contribution in [0.4, 0.5) is 4.39 Å². The van der Waals surface area contributed by atoms with Crippen LogP contribution in [-0.2, 0) is 20.9 Å². The van der Waals surface area contributed by atoms with Crippen LogP contribution in [0.25, 0.3) is 10.9 Å². The summed E-state index contributed by atoms with van der Waals surface area (Å²) in [5, 5.41) is 6.63. The van der Waals surface area contributed by atoms with Crippen LogP contribution in [0.1, 0.15) is 49.5 Å². The second kappa shape index (κ2) is 12.7. The van der Waals surface area contributed by atoms with Gasteiger partial charge < -0.3 is 29.7 Å². The zero-order valence-corrected chi connectivity index (χ0v) is 22.7. The molecule has 2 fully saturated rings. The second-order valence-corrected chi connectivity index (χ2v) is 10.4. The van der Waals surface area contributed by atoms with Crippen LogP contribution in [0.5, 0.6) is 0 Å². The smallest absolute Gasteiger partial charge is 0.270 e. The maximum Gasteiger partial charge on any atom is 0.270 e. The third-order valence-electron chi connectivity index (χ3n) is 7.99. The molecule has 0 bridgehead atoms. The Morgan fingerprint density at radius 2 is 1.74 bits per heavy atom. The van der Waals surface area contributed by atoms with Gasteiger partial charge in [0.25, 0.3) is 5.91 Å². The molecular formula is C28H40FN5O4. The maximum atomic E-state index is 13.9. The number of methoxy groups -OCH3 is 1. The molecule has 4 rings (SSSR count). The molecule has 0 spiro atoms. The lowest BCUT2D eigenvalue weighted by molar-refractivity contribution is -0.140. The van der Waals surface area contributed by atoms with E-state index in [0.29, 0.717) is 50.4 Å². The van der Waals surface area contributed by atoms with Gasteiger partial charge in [-0.1, -0.05) is 19.3 Å². The van der Waals surface area contributed by atoms with Gasteiger partial charge in [0.2, 0.25) is 11.8 Å². The average molecular weight is 530 g/mol. The number of rotatable bonds is 9. The van der Waals surface area contributed by atoms with Gasteiger partial charge in [0.15, 0.2) is 0 Å². The van der Waals surface area contributed by atoms with Crippen molar-refractivity contribution in [2.24, 2.45) is 5.92 Å². The Kier molecular flexibility index (Phi) is 9.38. The summed E-state index contributed by atoms with van der Waals surface area (Å²) in [4.78, 5) is 43.4. The molecule has 1 aromatic carbocycles. The number of benzene rings is 1. The number of nitrogens with one attached hydrogen (secondary N) is 2. The molecule has 2 heterocycles. The zero-order chi connectivity index (χ0) is 27.2. The number of piperazine rings is 1. The number of nitrogens with zero attached hydrogens (tertiary/aromatic N) is 3. The number of halogens is 1. The average Bonchev–Trinajstić information content (AvgIpc) is 3.31. The van der Waals surface area contributed by atoms with Crippen LogP contribution in [0.2, 0.25) is 0 Å². The first-order valence-corrected chi connectivity index (χ1v) is 13.7. The molecule has 38 heavy (non-hydrogen) atoms. The zero-order valence-electron chi connectivity index (χ0n) is 22.7. The molecular weight excluding hydrogens is 489 g/mol. The van der Waals surface area contributed by atoms with E-state index in [1.54, 1.807) is 43.0 Å². The van der Waals surface area contributed by atoms with E-state index in [2.05, 4.69) is 10.6 Å². The maximum absolute atomic E-state index is 13.9. The van der Waals surface area contributed by atoms with E-state index in [0.717, 1.165) is 37.6 Å². The van der Waals surface area contributed by atoms with Gasteiger partial charge in [-0.05, 0) is 57.0 Å². The largest absolute Gasteiger partial charge is 0.383 e. The van der Waals surface area contributed by atoms with Crippen molar-refractivity contribution in [3.63, 3.8) is 0 Å². The number of hydrogen-bond acceptors (Lipinski definition) is 5. The molecule has 9 nitrogen and oxygen atoms in total. The quantitative estimate of drug-likeness (QED) is 0.520. The van der Waals surface area contributed by atoms with Gasteiger partial charge in [0, 0.05) is 50.7 Å². The second-order valence-electron chi connectivity index (χ2n) is 10.4. The number of carbonyl (C=O) groups excluding carboxylic acids is 3. The summed E-state index contributed by atoms with van der Waals surface area (Å²) < 4.78 is 21.0. The summed E-state index contributed by atoms with van der Waals surface area (Å²) in [6.07, 6.45) is 5.14. The summed E-state index contributed by atoms with van der Waals surface area (Å²) in [7, 11) is 3.33. The van der Waals surface area contributed by atoms with Crippen molar-refractivity contribution in [3.8, 4) is 0 Å². The normalized spacial score (nSPS) is 18.4. The van der Waals surface area contributed by atoms with E-state index < -0.39 is 6.04 Å². The summed E-state index contributed by atoms with van der Waals surface area (Å²) in [6, 6.07) is 5.30. The van der Waals surface area contributed by atoms with Crippen molar-refractivity contribution >= 4 is 28.6 Å². The first-order chi connectivity index (χ1) is 18.3. The molecule has 1 aromatic heterocycles. The predicted molar refractivity (Wildman–Crippen MR) is 143 cm³/mol. The van der Waals surface area contributed by atoms with Crippen LogP contribution in [-0.4, -0.2) is 91.1 Å². The minimum Gasteiger partial charge on any atom is -0.383 e. The highest BCUT2D eigenvalue weighted by Gasteiger charge is 2.36. The van der Waals surface area contributed by atoms with Gasteiger partial charge in [-0.15, -0.1) is 0 Å². The lowest BCUT2D eigenvalue weighted by Crippen LogP contribution is -2.59. The molecule has 1 saturated heterocycles. The molecule has 1 saturated carbocycles. The third kappa shape index (κ3) is 6.18. The molecule has 0 radical (unpaired) electrons. The van der Waals surface area contributed by atoms with Gasteiger partial charge in [-0.2, -0.15) is 0 Å². The third-order valence-corrected chi connectivity index (χ3v) is 7.99. The molecule has 2 atom stereocenters. The molecule has 2 N–H and O–H groups in total. The van der Waals surface area contributed by atoms with Crippen LogP contribution >= 0.6 is 0 Å². The number of aromatic nitrogens is 1. The molecule has 2 aromatic rings. The number of ether oxygens (including phenoxy) is 1. The summed E-state index contributed by atoms with van der Waals surface area (Å²) in [5.41, 5.74) is 1.26. The molecule has 208 valence electrons. The fraction of sp³-hybridized carbons (Fsp3) is 0.607. The number of likely N-dealkylation sites (N-methyl/N-ethyl adjacent to an activating group) is 1. The minimum absolute atomic E-state index is 0.0645. The van der Waals surface area contributed by atoms with Crippen molar-refractivity contribution < 1.29 is 23.5 Å². The highest BCUT2D eigenvalue weighted by atomic mass is 19.1. The Bertz CT molecular complexity index is 1140. The lowest BCUT2D eigenvalue weighted by Gasteiger charge is -2.39. The molecule has 3 amide bonds. The minimum atomic E-state index is -0.549. The van der Waals surface area contributed by atoms with Gasteiger partial charge in [-0.3, -0.25) is 14.4 Å². The van der Waals surface area contributed by atoms with E-state index >= 15 is 0 Å². The first-order valence-electron chi connectivity index (χ1n) is 13.7. The van der Waals surface area contributed by atoms with Crippen LogP contribution < -0.4 is 10.6 Å². The molecule has 1 aliphatic heterocycles. The predicted octanol–water partition coefficient (Wildman–Crippen LogP) is 2.38. The Morgan fingerprint density at radius 1 is 1.05 bits per heavy atom. The first kappa shape index (κ1) is 28.0. The molecule has 2 aliphatic rings. The van der Waals surface area contributed by atoms with Crippen LogP contribution in [0.15, 0.2) is 24.3 Å². The Labute approximate surface area is 223 Å². The van der Waals surface area contributed by atoms with Gasteiger partial charge in [0.05, 0.1) is 12.6 Å². The number of carbonyl (C=O) groups is 3. The fourth-order valence-electron chi connectivity index (χ4n) is 5.59. The molecule has 10 heteroatoms. The van der Waals surface area contributed by atoms with E-state index in [4.69, 9.17) is 4.74 Å². The van der Waals surface area contributed by atoms with Gasteiger partial charge in [-0.25, -0.2) is 4.39 Å². The SMILES string of the molecule is CN[C@@H](C)C(=O)NC(C(=O)N1CCN(C(=O)c2cc3cc(F)ccc3n2CCOC)CC1)C1CCCCC1. The Morgan fingerprint density at radius 3 is 2.39 bits per heavy atom. The molecule has 1 unspecified atom stereocenters. The topological polar surface area (TPSA) is 95.9 Å². The summed E-state index contributed by atoms with van der Waals surface area (Å²) >= 11 is 0. The van der Waals surface area contributed by atoms with Crippen LogP contribution in [0.3, 0.4) is 0 Å². The van der Waals surface area contributed by atoms with Crippen molar-refractivity contribution in [1.29, 1.82) is 0 Å². The monoisotopic (exact) mass is 529 g/mol. The van der Waals surface area contributed by atoms with Gasteiger partial charge >= 0.3 is 0 Å². The van der Waals surface area contributed by atoms with Crippen molar-refractivity contribution in [2.75, 3.05) is 46.9 Å². The van der Waals surface area contributed by atoms with E-state index in [9.17, 15) is 18.8 Å². The summed E-state index contributed by atoms with van der Waals surface area (Å²) in [5.74, 6) is -0.613. The van der Waals surface area contributed by atoms with Crippen molar-refractivity contribution in [1.82, 2.24) is 25.0 Å². The van der Waals surface area contributed by atoms with E-state index in [1.165, 1.54) is 12.1 Å². The number of amides is 3. The lowest BCUT2D eigenvalue weighted by atomic mass is 9.83.